The lowest BCUT2D eigenvalue weighted by atomic mass is 10.2. The Morgan fingerprint density at radius 2 is 2.04 bits per heavy atom. The summed E-state index contributed by atoms with van der Waals surface area (Å²) < 4.78 is 5.15. The van der Waals surface area contributed by atoms with Crippen molar-refractivity contribution in [1.82, 2.24) is 15.1 Å². The molecule has 2 aromatic rings. The number of thioether (sulfide) groups is 1. The van der Waals surface area contributed by atoms with Gasteiger partial charge in [-0.3, -0.25) is 9.69 Å². The fourth-order valence-corrected chi connectivity index (χ4v) is 3.80. The number of hydrogen-bond acceptors (Lipinski definition) is 7. The number of carbonyl (C=O) groups excluding carboxylic acids is 1. The summed E-state index contributed by atoms with van der Waals surface area (Å²) in [4.78, 5) is 19.3. The van der Waals surface area contributed by atoms with Crippen LogP contribution in [-0.4, -0.2) is 39.8 Å². The minimum absolute atomic E-state index is 0.0432. The van der Waals surface area contributed by atoms with Gasteiger partial charge in [0.1, 0.15) is 10.8 Å². The van der Waals surface area contributed by atoms with Gasteiger partial charge in [-0.05, 0) is 49.4 Å². The highest BCUT2D eigenvalue weighted by atomic mass is 32.2. The molecule has 1 aromatic heterocycles. The number of rotatable bonds is 4. The highest BCUT2D eigenvalue weighted by Crippen LogP contribution is 2.34. The number of amides is 1. The van der Waals surface area contributed by atoms with Crippen LogP contribution in [0.25, 0.3) is 6.08 Å². The monoisotopic (exact) mass is 360 g/mol. The van der Waals surface area contributed by atoms with Crippen molar-refractivity contribution in [1.29, 1.82) is 0 Å². The van der Waals surface area contributed by atoms with Gasteiger partial charge in [0.2, 0.25) is 5.13 Å². The summed E-state index contributed by atoms with van der Waals surface area (Å²) in [6.45, 7) is 4.36. The number of aromatic nitrogens is 2. The molecule has 0 saturated carbocycles. The third-order valence-electron chi connectivity index (χ3n) is 3.32. The van der Waals surface area contributed by atoms with Crippen molar-refractivity contribution in [2.24, 2.45) is 4.99 Å². The first-order valence-corrected chi connectivity index (χ1v) is 8.98. The fourth-order valence-electron chi connectivity index (χ4n) is 2.13. The van der Waals surface area contributed by atoms with Crippen LogP contribution in [0.5, 0.6) is 5.75 Å². The molecule has 8 heteroatoms. The molecule has 24 heavy (non-hydrogen) atoms. The van der Waals surface area contributed by atoms with Gasteiger partial charge in [0, 0.05) is 6.54 Å². The van der Waals surface area contributed by atoms with Gasteiger partial charge >= 0.3 is 0 Å². The summed E-state index contributed by atoms with van der Waals surface area (Å²) in [6, 6.07) is 7.57. The van der Waals surface area contributed by atoms with Crippen LogP contribution >= 0.6 is 23.1 Å². The highest BCUT2D eigenvalue weighted by Gasteiger charge is 2.32. The van der Waals surface area contributed by atoms with E-state index in [9.17, 15) is 4.79 Å². The van der Waals surface area contributed by atoms with E-state index in [4.69, 9.17) is 4.74 Å². The zero-order chi connectivity index (χ0) is 17.1. The van der Waals surface area contributed by atoms with Crippen molar-refractivity contribution < 1.29 is 9.53 Å². The predicted molar refractivity (Wildman–Crippen MR) is 97.7 cm³/mol. The summed E-state index contributed by atoms with van der Waals surface area (Å²) in [7, 11) is 1.63. The van der Waals surface area contributed by atoms with Gasteiger partial charge in [-0.1, -0.05) is 23.5 Å². The highest BCUT2D eigenvalue weighted by molar-refractivity contribution is 8.18. The molecule has 6 nitrogen and oxygen atoms in total. The fraction of sp³-hybridized carbons (Fsp3) is 0.250. The smallest absolute Gasteiger partial charge is 0.266 e. The standard InChI is InChI=1S/C16H16N4O2S2/c1-4-20-14(21)13(9-11-5-7-12(22-3)8-6-11)24-16(20)17-15-19-18-10(2)23-15/h5-9H,4H2,1-3H3/b13-9-,17-16+. The average Bonchev–Trinajstić information content (AvgIpc) is 3.12. The van der Waals surface area contributed by atoms with Gasteiger partial charge in [-0.2, -0.15) is 4.99 Å². The van der Waals surface area contributed by atoms with Crippen molar-refractivity contribution in [2.75, 3.05) is 13.7 Å². The van der Waals surface area contributed by atoms with E-state index in [-0.39, 0.29) is 5.91 Å². The van der Waals surface area contributed by atoms with Crippen LogP contribution in [0.2, 0.25) is 0 Å². The zero-order valence-corrected chi connectivity index (χ0v) is 15.1. The Morgan fingerprint density at radius 3 is 2.62 bits per heavy atom. The van der Waals surface area contributed by atoms with Crippen molar-refractivity contribution in [3.8, 4) is 5.75 Å². The Balaban J connectivity index is 1.88. The van der Waals surface area contributed by atoms with E-state index in [1.807, 2.05) is 44.2 Å². The van der Waals surface area contributed by atoms with Crippen LogP contribution in [0.3, 0.4) is 0 Å². The molecular formula is C16H16N4O2S2. The number of nitrogens with zero attached hydrogens (tertiary/aromatic N) is 4. The Kier molecular flexibility index (Phi) is 4.96. The third-order valence-corrected chi connectivity index (χ3v) is 5.06. The summed E-state index contributed by atoms with van der Waals surface area (Å²) in [5, 5.41) is 10.00. The van der Waals surface area contributed by atoms with Gasteiger partial charge in [0.25, 0.3) is 5.91 Å². The summed E-state index contributed by atoms with van der Waals surface area (Å²) >= 11 is 2.76. The minimum Gasteiger partial charge on any atom is -0.497 e. The van der Waals surface area contributed by atoms with E-state index < -0.39 is 0 Å². The Labute approximate surface area is 148 Å². The first-order valence-electron chi connectivity index (χ1n) is 7.35. The molecule has 0 spiro atoms. The number of benzene rings is 1. The SMILES string of the molecule is CCN1C(=O)/C(=C/c2ccc(OC)cc2)S/C1=N/c1nnc(C)s1. The molecule has 0 radical (unpaired) electrons. The van der Waals surface area contributed by atoms with E-state index in [0.29, 0.717) is 21.7 Å². The van der Waals surface area contributed by atoms with Crippen LogP contribution in [-0.2, 0) is 4.79 Å². The van der Waals surface area contributed by atoms with Crippen LogP contribution in [0.1, 0.15) is 17.5 Å². The van der Waals surface area contributed by atoms with Gasteiger partial charge in [-0.25, -0.2) is 0 Å². The topological polar surface area (TPSA) is 67.7 Å². The first kappa shape index (κ1) is 16.7. The van der Waals surface area contributed by atoms with Gasteiger partial charge < -0.3 is 4.74 Å². The van der Waals surface area contributed by atoms with Gasteiger partial charge in [-0.15, -0.1) is 10.2 Å². The molecule has 1 fully saturated rings. The van der Waals surface area contributed by atoms with Crippen molar-refractivity contribution in [3.63, 3.8) is 0 Å². The molecule has 2 heterocycles. The largest absolute Gasteiger partial charge is 0.497 e. The molecule has 0 atom stereocenters. The molecule has 0 bridgehead atoms. The average molecular weight is 360 g/mol. The van der Waals surface area contributed by atoms with Crippen LogP contribution < -0.4 is 4.74 Å². The maximum atomic E-state index is 12.6. The number of aliphatic imine (C=N–C) groups is 1. The minimum atomic E-state index is -0.0432. The summed E-state index contributed by atoms with van der Waals surface area (Å²) in [5.74, 6) is 0.741. The maximum absolute atomic E-state index is 12.6. The first-order chi connectivity index (χ1) is 11.6. The van der Waals surface area contributed by atoms with Crippen molar-refractivity contribution >= 4 is 45.4 Å². The zero-order valence-electron chi connectivity index (χ0n) is 13.5. The summed E-state index contributed by atoms with van der Waals surface area (Å²) in [5.41, 5.74) is 0.940. The molecule has 1 aliphatic rings. The predicted octanol–water partition coefficient (Wildman–Crippen LogP) is 3.48. The van der Waals surface area contributed by atoms with Gasteiger partial charge in [0.05, 0.1) is 12.0 Å². The van der Waals surface area contributed by atoms with Crippen LogP contribution in [0, 0.1) is 6.92 Å². The second-order valence-corrected chi connectivity index (χ2v) is 7.10. The molecule has 1 amide bonds. The van der Waals surface area contributed by atoms with Crippen LogP contribution in [0.15, 0.2) is 34.2 Å². The van der Waals surface area contributed by atoms with E-state index >= 15 is 0 Å². The molecule has 1 saturated heterocycles. The lowest BCUT2D eigenvalue weighted by Gasteiger charge is -2.11. The number of ether oxygens (including phenoxy) is 1. The van der Waals surface area contributed by atoms with Crippen molar-refractivity contribution in [2.45, 2.75) is 13.8 Å². The normalized spacial score (nSPS) is 18.0. The molecule has 0 aliphatic carbocycles. The lowest BCUT2D eigenvalue weighted by Crippen LogP contribution is -2.28. The molecule has 1 aromatic carbocycles. The van der Waals surface area contributed by atoms with E-state index in [1.54, 1.807) is 12.0 Å². The number of amidine groups is 1. The molecule has 1 aliphatic heterocycles. The summed E-state index contributed by atoms with van der Waals surface area (Å²) in [6.07, 6.45) is 1.86. The maximum Gasteiger partial charge on any atom is 0.266 e. The number of aryl methyl sites for hydroxylation is 1. The van der Waals surface area contributed by atoms with Crippen LogP contribution in [0.4, 0.5) is 5.13 Å². The molecular weight excluding hydrogens is 344 g/mol. The number of carbonyl (C=O) groups is 1. The van der Waals surface area contributed by atoms with E-state index in [0.717, 1.165) is 16.3 Å². The van der Waals surface area contributed by atoms with E-state index in [2.05, 4.69) is 15.2 Å². The van der Waals surface area contributed by atoms with Gasteiger partial charge in [0.15, 0.2) is 5.17 Å². The Hall–Kier alpha value is -2.19. The molecule has 3 rings (SSSR count). The second-order valence-electron chi connectivity index (χ2n) is 4.93. The molecule has 124 valence electrons. The number of hydrogen-bond donors (Lipinski definition) is 0. The molecule has 0 unspecified atom stereocenters. The third kappa shape index (κ3) is 3.49. The number of methoxy groups -OCH3 is 1. The quantitative estimate of drug-likeness (QED) is 0.781. The van der Waals surface area contributed by atoms with E-state index in [1.165, 1.54) is 23.1 Å². The number of likely N-dealkylation sites (N-methyl/N-ethyl adjacent to an activating group) is 1. The Bertz CT molecular complexity index is 812. The van der Waals surface area contributed by atoms with Crippen molar-refractivity contribution in [3.05, 3.63) is 39.7 Å². The Morgan fingerprint density at radius 1 is 1.29 bits per heavy atom. The second kappa shape index (κ2) is 7.14. The lowest BCUT2D eigenvalue weighted by molar-refractivity contribution is -0.122. The molecule has 0 N–H and O–H groups in total.